The molecule has 0 saturated heterocycles. The van der Waals surface area contributed by atoms with Crippen LogP contribution >= 0.6 is 0 Å². The zero-order valence-corrected chi connectivity index (χ0v) is 15.4. The molecular formula is C21H22N4O2. The molecular weight excluding hydrogens is 340 g/mol. The second kappa shape index (κ2) is 8.31. The topological polar surface area (TPSA) is 76.0 Å². The minimum atomic E-state index is -0.185. The van der Waals surface area contributed by atoms with Crippen LogP contribution in [0.15, 0.2) is 60.8 Å². The van der Waals surface area contributed by atoms with Crippen molar-refractivity contribution in [2.45, 2.75) is 20.3 Å². The standard InChI is InChI=1S/C21H22N4O2/c1-15-8-10-18(11-9-15)25-21(24-20(27)12-13-22-16(2)26)19(14-23-25)17-6-4-3-5-7-17/h3-11,14H,12-13H2,1-2H3,(H,22,26)(H,24,27). The minimum absolute atomic E-state index is 0.155. The van der Waals surface area contributed by atoms with E-state index in [4.69, 9.17) is 0 Å². The van der Waals surface area contributed by atoms with Crippen molar-refractivity contribution in [3.8, 4) is 16.8 Å². The molecule has 2 amide bonds. The lowest BCUT2D eigenvalue weighted by Gasteiger charge is -2.12. The van der Waals surface area contributed by atoms with Crippen LogP contribution in [0, 0.1) is 6.92 Å². The van der Waals surface area contributed by atoms with E-state index in [1.165, 1.54) is 6.92 Å². The van der Waals surface area contributed by atoms with Crippen molar-refractivity contribution in [2.75, 3.05) is 11.9 Å². The zero-order valence-electron chi connectivity index (χ0n) is 15.4. The Balaban J connectivity index is 1.92. The molecule has 0 radical (unpaired) electrons. The number of benzene rings is 2. The summed E-state index contributed by atoms with van der Waals surface area (Å²) in [6.45, 7) is 3.74. The normalized spacial score (nSPS) is 10.4. The van der Waals surface area contributed by atoms with E-state index in [1.807, 2.05) is 61.5 Å². The average molecular weight is 362 g/mol. The van der Waals surface area contributed by atoms with Crippen LogP contribution in [-0.4, -0.2) is 28.1 Å². The van der Waals surface area contributed by atoms with Gasteiger partial charge in [-0.2, -0.15) is 5.10 Å². The van der Waals surface area contributed by atoms with Gasteiger partial charge in [0.2, 0.25) is 11.8 Å². The number of nitrogens with zero attached hydrogens (tertiary/aromatic N) is 2. The molecule has 0 unspecified atom stereocenters. The van der Waals surface area contributed by atoms with E-state index in [9.17, 15) is 9.59 Å². The van der Waals surface area contributed by atoms with Gasteiger partial charge in [0.15, 0.2) is 0 Å². The Kier molecular flexibility index (Phi) is 5.66. The van der Waals surface area contributed by atoms with Crippen molar-refractivity contribution >= 4 is 17.6 Å². The lowest BCUT2D eigenvalue weighted by atomic mass is 10.1. The number of hydrogen-bond donors (Lipinski definition) is 2. The van der Waals surface area contributed by atoms with E-state index < -0.39 is 0 Å². The molecule has 138 valence electrons. The third-order valence-corrected chi connectivity index (χ3v) is 4.12. The Hall–Kier alpha value is -3.41. The number of carbonyl (C=O) groups is 2. The summed E-state index contributed by atoms with van der Waals surface area (Å²) < 4.78 is 1.72. The van der Waals surface area contributed by atoms with Gasteiger partial charge in [-0.1, -0.05) is 48.0 Å². The number of aromatic nitrogens is 2. The molecule has 2 aromatic carbocycles. The summed E-state index contributed by atoms with van der Waals surface area (Å²) in [5.41, 5.74) is 3.81. The molecule has 0 spiro atoms. The number of carbonyl (C=O) groups excluding carboxylic acids is 2. The first-order chi connectivity index (χ1) is 13.0. The number of amides is 2. The van der Waals surface area contributed by atoms with Crippen molar-refractivity contribution in [1.29, 1.82) is 0 Å². The van der Waals surface area contributed by atoms with Gasteiger partial charge in [-0.3, -0.25) is 9.59 Å². The highest BCUT2D eigenvalue weighted by Crippen LogP contribution is 2.30. The first kappa shape index (κ1) is 18.4. The molecule has 0 aliphatic heterocycles. The largest absolute Gasteiger partial charge is 0.356 e. The lowest BCUT2D eigenvalue weighted by molar-refractivity contribution is -0.119. The summed E-state index contributed by atoms with van der Waals surface area (Å²) in [6.07, 6.45) is 1.94. The fourth-order valence-electron chi connectivity index (χ4n) is 2.73. The van der Waals surface area contributed by atoms with Crippen LogP contribution in [0.1, 0.15) is 18.9 Å². The van der Waals surface area contributed by atoms with Gasteiger partial charge in [0, 0.05) is 25.5 Å². The molecule has 27 heavy (non-hydrogen) atoms. The highest BCUT2D eigenvalue weighted by atomic mass is 16.2. The van der Waals surface area contributed by atoms with Crippen LogP contribution in [0.4, 0.5) is 5.82 Å². The van der Waals surface area contributed by atoms with Crippen LogP contribution in [0.25, 0.3) is 16.8 Å². The summed E-state index contributed by atoms with van der Waals surface area (Å²) in [7, 11) is 0. The van der Waals surface area contributed by atoms with E-state index in [0.29, 0.717) is 12.4 Å². The Morgan fingerprint density at radius 2 is 1.74 bits per heavy atom. The van der Waals surface area contributed by atoms with Gasteiger partial charge in [0.1, 0.15) is 5.82 Å². The molecule has 6 nitrogen and oxygen atoms in total. The molecule has 0 aliphatic rings. The Morgan fingerprint density at radius 3 is 2.41 bits per heavy atom. The molecule has 1 heterocycles. The van der Waals surface area contributed by atoms with Crippen LogP contribution in [0.3, 0.4) is 0 Å². The Labute approximate surface area is 158 Å². The van der Waals surface area contributed by atoms with Gasteiger partial charge in [-0.15, -0.1) is 0 Å². The van der Waals surface area contributed by atoms with Gasteiger partial charge in [-0.25, -0.2) is 4.68 Å². The van der Waals surface area contributed by atoms with Crippen LogP contribution in [0.5, 0.6) is 0 Å². The zero-order chi connectivity index (χ0) is 19.2. The number of nitrogens with one attached hydrogen (secondary N) is 2. The number of hydrogen-bond acceptors (Lipinski definition) is 3. The second-order valence-corrected chi connectivity index (χ2v) is 6.30. The van der Waals surface area contributed by atoms with Crippen LogP contribution in [0.2, 0.25) is 0 Å². The van der Waals surface area contributed by atoms with Crippen molar-refractivity contribution < 1.29 is 9.59 Å². The summed E-state index contributed by atoms with van der Waals surface area (Å²) in [5.74, 6) is 0.269. The molecule has 0 saturated carbocycles. The summed E-state index contributed by atoms with van der Waals surface area (Å²) >= 11 is 0. The van der Waals surface area contributed by atoms with E-state index in [2.05, 4.69) is 15.7 Å². The molecule has 0 bridgehead atoms. The van der Waals surface area contributed by atoms with E-state index in [0.717, 1.165) is 22.4 Å². The maximum atomic E-state index is 12.4. The van der Waals surface area contributed by atoms with E-state index in [1.54, 1.807) is 10.9 Å². The molecule has 2 N–H and O–H groups in total. The molecule has 0 atom stereocenters. The van der Waals surface area contributed by atoms with Gasteiger partial charge >= 0.3 is 0 Å². The van der Waals surface area contributed by atoms with Crippen molar-refractivity contribution in [3.05, 3.63) is 66.4 Å². The number of aryl methyl sites for hydroxylation is 1. The predicted molar refractivity (Wildman–Crippen MR) is 106 cm³/mol. The monoisotopic (exact) mass is 362 g/mol. The van der Waals surface area contributed by atoms with Crippen LogP contribution < -0.4 is 10.6 Å². The van der Waals surface area contributed by atoms with Gasteiger partial charge < -0.3 is 10.6 Å². The third-order valence-electron chi connectivity index (χ3n) is 4.12. The number of rotatable bonds is 6. The lowest BCUT2D eigenvalue weighted by Crippen LogP contribution is -2.26. The first-order valence-corrected chi connectivity index (χ1v) is 8.79. The molecule has 1 aromatic heterocycles. The van der Waals surface area contributed by atoms with E-state index in [-0.39, 0.29) is 18.2 Å². The fourth-order valence-corrected chi connectivity index (χ4v) is 2.73. The quantitative estimate of drug-likeness (QED) is 0.706. The first-order valence-electron chi connectivity index (χ1n) is 8.79. The van der Waals surface area contributed by atoms with Crippen LogP contribution in [-0.2, 0) is 9.59 Å². The molecule has 3 aromatic rings. The SMILES string of the molecule is CC(=O)NCCC(=O)Nc1c(-c2ccccc2)cnn1-c1ccc(C)cc1. The predicted octanol–water partition coefficient (Wildman–Crippen LogP) is 3.31. The van der Waals surface area contributed by atoms with Gasteiger partial charge in [0.25, 0.3) is 0 Å². The highest BCUT2D eigenvalue weighted by Gasteiger charge is 2.16. The molecule has 0 fully saturated rings. The molecule has 6 heteroatoms. The smallest absolute Gasteiger partial charge is 0.227 e. The Bertz CT molecular complexity index is 931. The van der Waals surface area contributed by atoms with Crippen molar-refractivity contribution in [3.63, 3.8) is 0 Å². The van der Waals surface area contributed by atoms with Gasteiger partial charge in [-0.05, 0) is 24.6 Å². The summed E-state index contributed by atoms with van der Waals surface area (Å²) in [4.78, 5) is 23.4. The third kappa shape index (κ3) is 4.61. The average Bonchev–Trinajstić information content (AvgIpc) is 3.06. The van der Waals surface area contributed by atoms with Gasteiger partial charge in [0.05, 0.1) is 11.9 Å². The highest BCUT2D eigenvalue weighted by molar-refractivity contribution is 5.95. The molecule has 0 aliphatic carbocycles. The van der Waals surface area contributed by atoms with Crippen molar-refractivity contribution in [2.24, 2.45) is 0 Å². The fraction of sp³-hybridized carbons (Fsp3) is 0.190. The maximum absolute atomic E-state index is 12.4. The minimum Gasteiger partial charge on any atom is -0.356 e. The Morgan fingerprint density at radius 1 is 1.04 bits per heavy atom. The maximum Gasteiger partial charge on any atom is 0.227 e. The van der Waals surface area contributed by atoms with E-state index >= 15 is 0 Å². The summed E-state index contributed by atoms with van der Waals surface area (Å²) in [6, 6.07) is 17.7. The number of anilines is 1. The molecule has 3 rings (SSSR count). The second-order valence-electron chi connectivity index (χ2n) is 6.30. The van der Waals surface area contributed by atoms with Crippen molar-refractivity contribution in [1.82, 2.24) is 15.1 Å². The summed E-state index contributed by atoms with van der Waals surface area (Å²) in [5, 5.41) is 10.1.